The van der Waals surface area contributed by atoms with Crippen molar-refractivity contribution < 1.29 is 4.74 Å². The molecule has 0 amide bonds. The van der Waals surface area contributed by atoms with Crippen molar-refractivity contribution in [2.24, 2.45) is 5.41 Å². The Morgan fingerprint density at radius 1 is 1.40 bits per heavy atom. The van der Waals surface area contributed by atoms with E-state index in [1.54, 1.807) is 7.11 Å². The van der Waals surface area contributed by atoms with Crippen LogP contribution in [0.4, 0.5) is 0 Å². The molecule has 4 heteroatoms. The Hall–Kier alpha value is -0.580. The van der Waals surface area contributed by atoms with E-state index in [4.69, 9.17) is 4.74 Å². The van der Waals surface area contributed by atoms with Crippen LogP contribution in [0.2, 0.25) is 0 Å². The summed E-state index contributed by atoms with van der Waals surface area (Å²) in [6, 6.07) is 6.75. The van der Waals surface area contributed by atoms with Gasteiger partial charge in [0.05, 0.1) is 7.11 Å². The molecule has 1 saturated heterocycles. The molecule has 1 fully saturated rings. The number of nitrogens with one attached hydrogen (secondary N) is 1. The second kappa shape index (κ2) is 6.46. The van der Waals surface area contributed by atoms with Crippen LogP contribution in [0.3, 0.4) is 0 Å². The number of benzene rings is 1. The summed E-state index contributed by atoms with van der Waals surface area (Å²) in [6.45, 7) is 11.1. The van der Waals surface area contributed by atoms with Crippen LogP contribution < -0.4 is 10.1 Å². The molecule has 0 aromatic heterocycles. The maximum atomic E-state index is 5.34. The minimum atomic E-state index is 0.277. The van der Waals surface area contributed by atoms with Crippen LogP contribution in [0.5, 0.6) is 5.75 Å². The Balaban J connectivity index is 2.18. The monoisotopic (exact) mass is 340 g/mol. The average Bonchev–Trinajstić information content (AvgIpc) is 2.41. The molecule has 1 aromatic rings. The topological polar surface area (TPSA) is 24.5 Å². The first-order chi connectivity index (χ1) is 9.41. The lowest BCUT2D eigenvalue weighted by atomic mass is 9.84. The molecule has 1 aliphatic rings. The maximum absolute atomic E-state index is 5.34. The van der Waals surface area contributed by atoms with Gasteiger partial charge in [0.15, 0.2) is 0 Å². The Bertz CT molecular complexity index is 456. The van der Waals surface area contributed by atoms with Crippen molar-refractivity contribution in [3.8, 4) is 5.75 Å². The maximum Gasteiger partial charge on any atom is 0.119 e. The Kier molecular flexibility index (Phi) is 5.10. The van der Waals surface area contributed by atoms with Gasteiger partial charge in [-0.3, -0.25) is 4.90 Å². The van der Waals surface area contributed by atoms with Crippen LogP contribution in [0.25, 0.3) is 0 Å². The second-order valence-electron chi connectivity index (χ2n) is 6.51. The lowest BCUT2D eigenvalue weighted by molar-refractivity contribution is 0.0687. The van der Waals surface area contributed by atoms with Gasteiger partial charge in [-0.1, -0.05) is 36.7 Å². The third-order valence-corrected chi connectivity index (χ3v) is 4.75. The number of nitrogens with zero attached hydrogens (tertiary/aromatic N) is 1. The predicted molar refractivity (Wildman–Crippen MR) is 87.2 cm³/mol. The van der Waals surface area contributed by atoms with Crippen molar-refractivity contribution in [1.29, 1.82) is 0 Å². The first kappa shape index (κ1) is 15.8. The predicted octanol–water partition coefficient (Wildman–Crippen LogP) is 3.28. The first-order valence-corrected chi connectivity index (χ1v) is 7.98. The molecule has 112 valence electrons. The van der Waals surface area contributed by atoms with E-state index in [0.717, 1.165) is 36.4 Å². The Morgan fingerprint density at radius 3 is 2.80 bits per heavy atom. The zero-order valence-corrected chi connectivity index (χ0v) is 14.5. The zero-order chi connectivity index (χ0) is 14.8. The van der Waals surface area contributed by atoms with E-state index >= 15 is 0 Å². The second-order valence-corrected chi connectivity index (χ2v) is 7.37. The van der Waals surface area contributed by atoms with Crippen molar-refractivity contribution in [2.75, 3.05) is 26.7 Å². The van der Waals surface area contributed by atoms with Gasteiger partial charge in [0.1, 0.15) is 5.75 Å². The number of ether oxygens (including phenoxy) is 1. The number of hydrogen-bond donors (Lipinski definition) is 1. The van der Waals surface area contributed by atoms with Gasteiger partial charge >= 0.3 is 0 Å². The third kappa shape index (κ3) is 3.74. The van der Waals surface area contributed by atoms with Crippen LogP contribution in [-0.4, -0.2) is 37.7 Å². The summed E-state index contributed by atoms with van der Waals surface area (Å²) in [4.78, 5) is 2.58. The van der Waals surface area contributed by atoms with Gasteiger partial charge in [-0.25, -0.2) is 0 Å². The van der Waals surface area contributed by atoms with Gasteiger partial charge in [0.2, 0.25) is 0 Å². The van der Waals surface area contributed by atoms with Crippen LogP contribution >= 0.6 is 15.9 Å². The van der Waals surface area contributed by atoms with E-state index in [-0.39, 0.29) is 5.41 Å². The molecule has 1 atom stereocenters. The van der Waals surface area contributed by atoms with E-state index in [1.807, 2.05) is 6.07 Å². The molecule has 0 radical (unpaired) electrons. The molecule has 0 aliphatic carbocycles. The molecule has 0 saturated carbocycles. The summed E-state index contributed by atoms with van der Waals surface area (Å²) in [5.41, 5.74) is 1.57. The van der Waals surface area contributed by atoms with Crippen molar-refractivity contribution in [3.63, 3.8) is 0 Å². The van der Waals surface area contributed by atoms with Crippen molar-refractivity contribution >= 4 is 15.9 Å². The van der Waals surface area contributed by atoms with Crippen LogP contribution in [0.15, 0.2) is 22.7 Å². The Labute approximate surface area is 130 Å². The summed E-state index contributed by atoms with van der Waals surface area (Å²) in [7, 11) is 1.72. The smallest absolute Gasteiger partial charge is 0.119 e. The standard InChI is InChI=1S/C16H25BrN2O/c1-16(2,3)15-10-18-7-8-19(15)11-12-9-13(20-4)5-6-14(12)17/h5-6,9,15,18H,7-8,10-11H2,1-4H3. The molecule has 0 spiro atoms. The van der Waals surface area contributed by atoms with E-state index in [1.165, 1.54) is 5.56 Å². The van der Waals surface area contributed by atoms with Gasteiger partial charge in [0.25, 0.3) is 0 Å². The normalized spacial score (nSPS) is 20.9. The van der Waals surface area contributed by atoms with Crippen LogP contribution in [0.1, 0.15) is 26.3 Å². The van der Waals surface area contributed by atoms with E-state index in [9.17, 15) is 0 Å². The third-order valence-electron chi connectivity index (χ3n) is 3.98. The number of methoxy groups -OCH3 is 1. The zero-order valence-electron chi connectivity index (χ0n) is 12.9. The Morgan fingerprint density at radius 2 is 2.15 bits per heavy atom. The summed E-state index contributed by atoms with van der Waals surface area (Å²) >= 11 is 3.66. The fourth-order valence-electron chi connectivity index (χ4n) is 2.81. The van der Waals surface area contributed by atoms with Crippen LogP contribution in [0, 0.1) is 5.41 Å². The minimum Gasteiger partial charge on any atom is -0.497 e. The van der Waals surface area contributed by atoms with Crippen molar-refractivity contribution in [1.82, 2.24) is 10.2 Å². The fourth-order valence-corrected chi connectivity index (χ4v) is 3.18. The molecule has 20 heavy (non-hydrogen) atoms. The quantitative estimate of drug-likeness (QED) is 0.913. The lowest BCUT2D eigenvalue weighted by Gasteiger charge is -2.43. The number of halogens is 1. The van der Waals surface area contributed by atoms with Gasteiger partial charge in [0, 0.05) is 36.7 Å². The van der Waals surface area contributed by atoms with Gasteiger partial charge in [-0.05, 0) is 29.2 Å². The molecular formula is C16H25BrN2O. The molecule has 2 rings (SSSR count). The first-order valence-electron chi connectivity index (χ1n) is 7.19. The SMILES string of the molecule is COc1ccc(Br)c(CN2CCNCC2C(C)(C)C)c1. The van der Waals surface area contributed by atoms with Gasteiger partial charge in [-0.2, -0.15) is 0 Å². The number of piperazine rings is 1. The summed E-state index contributed by atoms with van der Waals surface area (Å²) in [5, 5.41) is 3.52. The number of rotatable bonds is 3. The highest BCUT2D eigenvalue weighted by molar-refractivity contribution is 9.10. The molecule has 1 aromatic carbocycles. The summed E-state index contributed by atoms with van der Waals surface area (Å²) in [5.74, 6) is 0.922. The van der Waals surface area contributed by atoms with Gasteiger partial charge in [-0.15, -0.1) is 0 Å². The molecule has 1 heterocycles. The van der Waals surface area contributed by atoms with E-state index < -0.39 is 0 Å². The molecule has 3 nitrogen and oxygen atoms in total. The van der Waals surface area contributed by atoms with Crippen molar-refractivity contribution in [3.05, 3.63) is 28.2 Å². The van der Waals surface area contributed by atoms with E-state index in [2.05, 4.69) is 59.1 Å². The minimum absolute atomic E-state index is 0.277. The van der Waals surface area contributed by atoms with Crippen molar-refractivity contribution in [2.45, 2.75) is 33.4 Å². The molecule has 1 N–H and O–H groups in total. The van der Waals surface area contributed by atoms with Gasteiger partial charge < -0.3 is 10.1 Å². The highest BCUT2D eigenvalue weighted by Crippen LogP contribution is 2.29. The highest BCUT2D eigenvalue weighted by Gasteiger charge is 2.32. The molecular weight excluding hydrogens is 316 g/mol. The molecule has 1 unspecified atom stereocenters. The average molecular weight is 341 g/mol. The van der Waals surface area contributed by atoms with Crippen LogP contribution in [-0.2, 0) is 6.54 Å². The largest absolute Gasteiger partial charge is 0.497 e. The summed E-state index contributed by atoms with van der Waals surface area (Å²) in [6.07, 6.45) is 0. The highest BCUT2D eigenvalue weighted by atomic mass is 79.9. The number of hydrogen-bond acceptors (Lipinski definition) is 3. The molecule has 1 aliphatic heterocycles. The lowest BCUT2D eigenvalue weighted by Crippen LogP contribution is -2.56. The molecule has 0 bridgehead atoms. The van der Waals surface area contributed by atoms with E-state index in [0.29, 0.717) is 6.04 Å². The fraction of sp³-hybridized carbons (Fsp3) is 0.625. The summed E-state index contributed by atoms with van der Waals surface area (Å²) < 4.78 is 6.50.